The summed E-state index contributed by atoms with van der Waals surface area (Å²) in [5.74, 6) is 0.210. The summed E-state index contributed by atoms with van der Waals surface area (Å²) in [5, 5.41) is 0. The van der Waals surface area contributed by atoms with Gasteiger partial charge in [-0.15, -0.1) is 0 Å². The van der Waals surface area contributed by atoms with Gasteiger partial charge in [-0.1, -0.05) is 0 Å². The van der Waals surface area contributed by atoms with E-state index in [4.69, 9.17) is 9.47 Å². The summed E-state index contributed by atoms with van der Waals surface area (Å²) >= 11 is 0. The van der Waals surface area contributed by atoms with E-state index in [1.54, 1.807) is 6.92 Å². The van der Waals surface area contributed by atoms with Crippen LogP contribution in [0.3, 0.4) is 0 Å². The van der Waals surface area contributed by atoms with Crippen molar-refractivity contribution in [3.8, 4) is 0 Å². The Morgan fingerprint density at radius 1 is 1.00 bits per heavy atom. The molecule has 0 N–H and O–H groups in total. The predicted molar refractivity (Wildman–Crippen MR) is 61.5 cm³/mol. The molecule has 0 amide bonds. The van der Waals surface area contributed by atoms with E-state index in [-0.39, 0.29) is 5.78 Å². The summed E-state index contributed by atoms with van der Waals surface area (Å²) in [6.07, 6.45) is 4.53. The molecule has 0 unspecified atom stereocenters. The van der Waals surface area contributed by atoms with Crippen molar-refractivity contribution in [3.63, 3.8) is 0 Å². The van der Waals surface area contributed by atoms with Crippen molar-refractivity contribution >= 4 is 12.1 Å². The van der Waals surface area contributed by atoms with Gasteiger partial charge in [0.25, 0.3) is 0 Å². The van der Waals surface area contributed by atoms with Gasteiger partial charge in [0, 0.05) is 39.3 Å². The van der Waals surface area contributed by atoms with Gasteiger partial charge in [-0.05, 0) is 26.2 Å². The molecule has 4 heteroatoms. The molecule has 16 heavy (non-hydrogen) atoms. The highest BCUT2D eigenvalue weighted by atomic mass is 16.5. The number of ether oxygens (including phenoxy) is 2. The summed E-state index contributed by atoms with van der Waals surface area (Å²) in [6, 6.07) is 0. The van der Waals surface area contributed by atoms with Crippen LogP contribution >= 0.6 is 0 Å². The highest BCUT2D eigenvalue weighted by molar-refractivity contribution is 5.75. The maximum atomic E-state index is 10.6. The quantitative estimate of drug-likeness (QED) is 0.378. The van der Waals surface area contributed by atoms with Gasteiger partial charge in [-0.2, -0.15) is 0 Å². The van der Waals surface area contributed by atoms with Crippen molar-refractivity contribution < 1.29 is 19.1 Å². The van der Waals surface area contributed by atoms with Crippen molar-refractivity contribution in [1.29, 1.82) is 0 Å². The standard InChI is InChI=1S/C12H22O4/c1-12(14)6-4-9-16-11-5-10-15-8-3-2-7-13/h7H,2-6,8-11H2,1H3. The lowest BCUT2D eigenvalue weighted by Gasteiger charge is -2.04. The smallest absolute Gasteiger partial charge is 0.129 e. The van der Waals surface area contributed by atoms with E-state index < -0.39 is 0 Å². The zero-order chi connectivity index (χ0) is 12.1. The van der Waals surface area contributed by atoms with Crippen molar-refractivity contribution in [2.75, 3.05) is 26.4 Å². The number of hydrogen-bond acceptors (Lipinski definition) is 4. The lowest BCUT2D eigenvalue weighted by atomic mass is 10.2. The molecule has 0 radical (unpaired) electrons. The van der Waals surface area contributed by atoms with Crippen LogP contribution in [0.2, 0.25) is 0 Å². The van der Waals surface area contributed by atoms with Crippen LogP contribution in [0.1, 0.15) is 39.0 Å². The Balaban J connectivity index is 2.93. The van der Waals surface area contributed by atoms with Gasteiger partial charge in [-0.25, -0.2) is 0 Å². The zero-order valence-corrected chi connectivity index (χ0v) is 10.1. The van der Waals surface area contributed by atoms with E-state index in [1.165, 1.54) is 0 Å². The number of ketones is 1. The Kier molecular flexibility index (Phi) is 11.8. The molecule has 0 aromatic rings. The van der Waals surface area contributed by atoms with Gasteiger partial charge >= 0.3 is 0 Å². The molecule has 0 aliphatic carbocycles. The molecule has 0 bridgehead atoms. The summed E-state index contributed by atoms with van der Waals surface area (Å²) in [6.45, 7) is 4.22. The first-order chi connectivity index (χ1) is 7.77. The second kappa shape index (κ2) is 12.3. The van der Waals surface area contributed by atoms with Crippen LogP contribution in [0.15, 0.2) is 0 Å². The molecule has 4 nitrogen and oxygen atoms in total. The molecule has 0 aromatic heterocycles. The molecule has 0 saturated heterocycles. The van der Waals surface area contributed by atoms with Crippen molar-refractivity contribution in [2.45, 2.75) is 39.0 Å². The lowest BCUT2D eigenvalue weighted by Crippen LogP contribution is -2.04. The summed E-state index contributed by atoms with van der Waals surface area (Å²) < 4.78 is 10.6. The Morgan fingerprint density at radius 2 is 1.56 bits per heavy atom. The van der Waals surface area contributed by atoms with Gasteiger partial charge in [0.05, 0.1) is 0 Å². The van der Waals surface area contributed by atoms with Crippen molar-refractivity contribution in [2.24, 2.45) is 0 Å². The van der Waals surface area contributed by atoms with Gasteiger partial charge < -0.3 is 19.1 Å². The number of Topliss-reactive ketones (excluding diaryl/α,β-unsaturated/α-hetero) is 1. The topological polar surface area (TPSA) is 52.6 Å². The average Bonchev–Trinajstić information content (AvgIpc) is 2.25. The number of unbranched alkanes of at least 4 members (excludes halogenated alkanes) is 1. The van der Waals surface area contributed by atoms with E-state index in [2.05, 4.69) is 0 Å². The second-order valence-electron chi connectivity index (χ2n) is 3.69. The van der Waals surface area contributed by atoms with Crippen LogP contribution in [-0.2, 0) is 19.1 Å². The third-order valence-corrected chi connectivity index (χ3v) is 2.01. The van der Waals surface area contributed by atoms with E-state index in [0.29, 0.717) is 39.3 Å². The monoisotopic (exact) mass is 230 g/mol. The Morgan fingerprint density at radius 3 is 2.12 bits per heavy atom. The first-order valence-corrected chi connectivity index (χ1v) is 5.86. The summed E-state index contributed by atoms with van der Waals surface area (Å²) in [4.78, 5) is 20.6. The largest absolute Gasteiger partial charge is 0.381 e. The minimum atomic E-state index is 0.210. The minimum Gasteiger partial charge on any atom is -0.381 e. The molecule has 0 atom stereocenters. The van der Waals surface area contributed by atoms with E-state index in [1.807, 2.05) is 0 Å². The predicted octanol–water partition coefficient (Wildman–Crippen LogP) is 1.76. The van der Waals surface area contributed by atoms with Crippen LogP contribution in [-0.4, -0.2) is 38.5 Å². The fourth-order valence-corrected chi connectivity index (χ4v) is 1.16. The molecule has 0 aromatic carbocycles. The molecule has 0 fully saturated rings. The van der Waals surface area contributed by atoms with E-state index in [9.17, 15) is 9.59 Å². The summed E-state index contributed by atoms with van der Waals surface area (Å²) in [5.41, 5.74) is 0. The Bertz CT molecular complexity index is 180. The van der Waals surface area contributed by atoms with Gasteiger partial charge in [-0.3, -0.25) is 0 Å². The number of carbonyl (C=O) groups is 2. The highest BCUT2D eigenvalue weighted by Gasteiger charge is 1.94. The second-order valence-corrected chi connectivity index (χ2v) is 3.69. The Hall–Kier alpha value is -0.740. The van der Waals surface area contributed by atoms with Crippen LogP contribution in [0, 0.1) is 0 Å². The van der Waals surface area contributed by atoms with Gasteiger partial charge in [0.15, 0.2) is 0 Å². The first-order valence-electron chi connectivity index (χ1n) is 5.86. The van der Waals surface area contributed by atoms with E-state index >= 15 is 0 Å². The molecule has 0 heterocycles. The highest BCUT2D eigenvalue weighted by Crippen LogP contribution is 1.93. The first kappa shape index (κ1) is 15.3. The third-order valence-electron chi connectivity index (χ3n) is 2.01. The molecule has 0 aliphatic rings. The lowest BCUT2D eigenvalue weighted by molar-refractivity contribution is -0.117. The average molecular weight is 230 g/mol. The number of carbonyl (C=O) groups excluding carboxylic acids is 2. The maximum absolute atomic E-state index is 10.6. The molecular weight excluding hydrogens is 208 g/mol. The maximum Gasteiger partial charge on any atom is 0.129 e. The van der Waals surface area contributed by atoms with Gasteiger partial charge in [0.2, 0.25) is 0 Å². The molecule has 0 spiro atoms. The Labute approximate surface area is 97.3 Å². The molecular formula is C12H22O4. The fourth-order valence-electron chi connectivity index (χ4n) is 1.16. The van der Waals surface area contributed by atoms with Crippen LogP contribution in [0.25, 0.3) is 0 Å². The van der Waals surface area contributed by atoms with Crippen LogP contribution in [0.4, 0.5) is 0 Å². The van der Waals surface area contributed by atoms with Gasteiger partial charge in [0.1, 0.15) is 12.1 Å². The molecule has 0 rings (SSSR count). The number of hydrogen-bond donors (Lipinski definition) is 0. The summed E-state index contributed by atoms with van der Waals surface area (Å²) in [7, 11) is 0. The SMILES string of the molecule is CC(=O)CCCOCCCOCCCC=O. The fraction of sp³-hybridized carbons (Fsp3) is 0.833. The normalized spacial score (nSPS) is 10.3. The molecule has 94 valence electrons. The number of aldehydes is 1. The third kappa shape index (κ3) is 13.3. The number of rotatable bonds is 12. The van der Waals surface area contributed by atoms with Crippen LogP contribution < -0.4 is 0 Å². The van der Waals surface area contributed by atoms with E-state index in [0.717, 1.165) is 25.5 Å². The zero-order valence-electron chi connectivity index (χ0n) is 10.1. The molecule has 0 saturated carbocycles. The van der Waals surface area contributed by atoms with Crippen LogP contribution in [0.5, 0.6) is 0 Å². The molecule has 0 aliphatic heterocycles. The minimum absolute atomic E-state index is 0.210. The van der Waals surface area contributed by atoms with Crippen molar-refractivity contribution in [3.05, 3.63) is 0 Å². The van der Waals surface area contributed by atoms with Crippen molar-refractivity contribution in [1.82, 2.24) is 0 Å².